The molecule has 0 saturated heterocycles. The Labute approximate surface area is 99.8 Å². The number of carbonyl (C=O) groups excluding carboxylic acids is 1. The van der Waals surface area contributed by atoms with Crippen LogP contribution in [0.1, 0.15) is 19.4 Å². The van der Waals surface area contributed by atoms with Crippen LogP contribution in [0.3, 0.4) is 0 Å². The number of benzene rings is 1. The minimum atomic E-state index is -0.838. The molecule has 5 nitrogen and oxygen atoms in total. The second-order valence-corrected chi connectivity index (χ2v) is 3.42. The Bertz CT molecular complexity index is 440. The molecule has 1 aromatic rings. The summed E-state index contributed by atoms with van der Waals surface area (Å²) in [6, 6.07) is 8.60. The molecule has 90 valence electrons. The van der Waals surface area contributed by atoms with Crippen molar-refractivity contribution in [1.29, 1.82) is 5.26 Å². The Morgan fingerprint density at radius 2 is 2.24 bits per heavy atom. The number of amides is 1. The van der Waals surface area contributed by atoms with Gasteiger partial charge >= 0.3 is 0 Å². The summed E-state index contributed by atoms with van der Waals surface area (Å²) in [6.45, 7) is 3.36. The molecule has 1 rings (SSSR count). The van der Waals surface area contributed by atoms with Crippen molar-refractivity contribution >= 4 is 5.91 Å². The third-order valence-corrected chi connectivity index (χ3v) is 2.21. The fourth-order valence-electron chi connectivity index (χ4n) is 1.27. The number of para-hydroxylation sites is 1. The maximum absolute atomic E-state index is 11.5. The highest BCUT2D eigenvalue weighted by atomic mass is 16.5. The Morgan fingerprint density at radius 3 is 2.82 bits per heavy atom. The molecule has 0 bridgehead atoms. The van der Waals surface area contributed by atoms with Gasteiger partial charge in [0.15, 0.2) is 6.10 Å². The van der Waals surface area contributed by atoms with Crippen LogP contribution >= 0.6 is 0 Å². The van der Waals surface area contributed by atoms with E-state index in [1.807, 2.05) is 6.07 Å². The van der Waals surface area contributed by atoms with Crippen molar-refractivity contribution in [3.8, 4) is 11.8 Å². The van der Waals surface area contributed by atoms with Crippen molar-refractivity contribution in [3.05, 3.63) is 29.8 Å². The monoisotopic (exact) mass is 234 g/mol. The van der Waals surface area contributed by atoms with Gasteiger partial charge in [0.25, 0.3) is 5.91 Å². The fraction of sp³-hybridized carbons (Fsp3) is 0.333. The zero-order valence-electron chi connectivity index (χ0n) is 9.75. The highest BCUT2D eigenvalue weighted by Gasteiger charge is 2.20. The minimum absolute atomic E-state index is 0.187. The lowest BCUT2D eigenvalue weighted by Gasteiger charge is -2.19. The van der Waals surface area contributed by atoms with Crippen LogP contribution < -0.4 is 4.74 Å². The van der Waals surface area contributed by atoms with Crippen molar-refractivity contribution in [2.24, 2.45) is 0 Å². The van der Waals surface area contributed by atoms with Gasteiger partial charge in [-0.15, -0.1) is 0 Å². The number of hydrogen-bond acceptors (Lipinski definition) is 4. The van der Waals surface area contributed by atoms with E-state index in [0.29, 0.717) is 16.4 Å². The summed E-state index contributed by atoms with van der Waals surface area (Å²) in [7, 11) is 0. The average molecular weight is 234 g/mol. The van der Waals surface area contributed by atoms with E-state index in [-0.39, 0.29) is 6.54 Å². The molecule has 0 spiro atoms. The summed E-state index contributed by atoms with van der Waals surface area (Å²) in [4.78, 5) is 11.5. The van der Waals surface area contributed by atoms with Crippen molar-refractivity contribution in [3.63, 3.8) is 0 Å². The third kappa shape index (κ3) is 3.20. The summed E-state index contributed by atoms with van der Waals surface area (Å²) in [5, 5.41) is 18.7. The number of rotatable bonds is 4. The molecule has 5 heteroatoms. The SMILES string of the molecule is CCN(O)C(=O)C(C)Oc1ccccc1C#N. The van der Waals surface area contributed by atoms with Gasteiger partial charge in [0.05, 0.1) is 5.56 Å². The summed E-state index contributed by atoms with van der Waals surface area (Å²) in [6.07, 6.45) is -0.838. The smallest absolute Gasteiger partial charge is 0.286 e. The first-order valence-electron chi connectivity index (χ1n) is 5.26. The Hall–Kier alpha value is -2.06. The number of likely N-dealkylation sites (N-methyl/N-ethyl adjacent to an activating group) is 1. The molecule has 0 aliphatic carbocycles. The van der Waals surface area contributed by atoms with Crippen molar-refractivity contribution < 1.29 is 14.7 Å². The van der Waals surface area contributed by atoms with Crippen LogP contribution in [0.15, 0.2) is 24.3 Å². The van der Waals surface area contributed by atoms with E-state index in [1.165, 1.54) is 6.92 Å². The summed E-state index contributed by atoms with van der Waals surface area (Å²) in [5.41, 5.74) is 0.355. The maximum atomic E-state index is 11.5. The Morgan fingerprint density at radius 1 is 1.59 bits per heavy atom. The first kappa shape index (κ1) is 13.0. The molecule has 1 atom stereocenters. The standard InChI is InChI=1S/C12H14N2O3/c1-3-14(16)12(15)9(2)17-11-7-5-4-6-10(11)8-13/h4-7,9,16H,3H2,1-2H3. The second-order valence-electron chi connectivity index (χ2n) is 3.42. The van der Waals surface area contributed by atoms with E-state index in [4.69, 9.17) is 10.00 Å². The van der Waals surface area contributed by atoms with Gasteiger partial charge in [0.2, 0.25) is 0 Å². The van der Waals surface area contributed by atoms with Crippen LogP contribution in [-0.2, 0) is 4.79 Å². The summed E-state index contributed by atoms with van der Waals surface area (Å²) in [5.74, 6) is -0.208. The number of carbonyl (C=O) groups is 1. The van der Waals surface area contributed by atoms with E-state index < -0.39 is 12.0 Å². The van der Waals surface area contributed by atoms with Gasteiger partial charge in [-0.05, 0) is 26.0 Å². The zero-order valence-corrected chi connectivity index (χ0v) is 9.75. The largest absolute Gasteiger partial charge is 0.479 e. The first-order chi connectivity index (χ1) is 8.10. The van der Waals surface area contributed by atoms with Crippen molar-refractivity contribution in [2.45, 2.75) is 20.0 Å². The van der Waals surface area contributed by atoms with E-state index >= 15 is 0 Å². The molecule has 0 aromatic heterocycles. The van der Waals surface area contributed by atoms with E-state index in [0.717, 1.165) is 0 Å². The second kappa shape index (κ2) is 5.87. The number of ether oxygens (including phenoxy) is 1. The zero-order chi connectivity index (χ0) is 12.8. The number of hydrogen-bond donors (Lipinski definition) is 1. The predicted octanol–water partition coefficient (Wildman–Crippen LogP) is 1.56. The van der Waals surface area contributed by atoms with Gasteiger partial charge in [0.1, 0.15) is 11.8 Å². The van der Waals surface area contributed by atoms with Gasteiger partial charge in [-0.25, -0.2) is 5.06 Å². The quantitative estimate of drug-likeness (QED) is 0.633. The molecular weight excluding hydrogens is 220 g/mol. The predicted molar refractivity (Wildman–Crippen MR) is 60.4 cm³/mol. The topological polar surface area (TPSA) is 73.6 Å². The van der Waals surface area contributed by atoms with E-state index in [2.05, 4.69) is 0 Å². The van der Waals surface area contributed by atoms with Crippen molar-refractivity contribution in [2.75, 3.05) is 6.54 Å². The molecule has 0 heterocycles. The van der Waals surface area contributed by atoms with Crippen LogP contribution in [0.4, 0.5) is 0 Å². The molecule has 0 fully saturated rings. The lowest BCUT2D eigenvalue weighted by Crippen LogP contribution is -2.38. The molecule has 0 aliphatic rings. The van der Waals surface area contributed by atoms with Crippen molar-refractivity contribution in [1.82, 2.24) is 5.06 Å². The van der Waals surface area contributed by atoms with Gasteiger partial charge in [0, 0.05) is 6.54 Å². The van der Waals surface area contributed by atoms with Gasteiger partial charge in [-0.3, -0.25) is 10.0 Å². The molecule has 0 radical (unpaired) electrons. The molecule has 1 amide bonds. The molecule has 1 N–H and O–H groups in total. The maximum Gasteiger partial charge on any atom is 0.286 e. The Kier molecular flexibility index (Phi) is 4.49. The third-order valence-electron chi connectivity index (χ3n) is 2.21. The molecule has 0 saturated carbocycles. The van der Waals surface area contributed by atoms with Gasteiger partial charge < -0.3 is 4.74 Å². The molecular formula is C12H14N2O3. The minimum Gasteiger partial charge on any atom is -0.479 e. The normalized spacial score (nSPS) is 11.4. The molecule has 1 aromatic carbocycles. The highest BCUT2D eigenvalue weighted by molar-refractivity contribution is 5.79. The number of nitriles is 1. The average Bonchev–Trinajstić information content (AvgIpc) is 2.37. The van der Waals surface area contributed by atoms with Crippen LogP contribution in [-0.4, -0.2) is 28.8 Å². The Balaban J connectivity index is 2.78. The van der Waals surface area contributed by atoms with Gasteiger partial charge in [-0.2, -0.15) is 5.26 Å². The molecule has 0 aliphatic heterocycles. The van der Waals surface area contributed by atoms with Crippen LogP contribution in [0.25, 0.3) is 0 Å². The molecule has 1 unspecified atom stereocenters. The summed E-state index contributed by atoms with van der Waals surface area (Å²) >= 11 is 0. The van der Waals surface area contributed by atoms with Gasteiger partial charge in [-0.1, -0.05) is 12.1 Å². The van der Waals surface area contributed by atoms with Crippen LogP contribution in [0, 0.1) is 11.3 Å². The lowest BCUT2D eigenvalue weighted by atomic mass is 10.2. The van der Waals surface area contributed by atoms with E-state index in [1.54, 1.807) is 31.2 Å². The number of hydroxylamine groups is 2. The van der Waals surface area contributed by atoms with Crippen LogP contribution in [0.2, 0.25) is 0 Å². The van der Waals surface area contributed by atoms with E-state index in [9.17, 15) is 10.0 Å². The summed E-state index contributed by atoms with van der Waals surface area (Å²) < 4.78 is 5.35. The first-order valence-corrected chi connectivity index (χ1v) is 5.26. The lowest BCUT2D eigenvalue weighted by molar-refractivity contribution is -0.171. The molecule has 17 heavy (non-hydrogen) atoms. The van der Waals surface area contributed by atoms with Crippen LogP contribution in [0.5, 0.6) is 5.75 Å². The number of nitrogens with zero attached hydrogens (tertiary/aromatic N) is 2. The highest BCUT2D eigenvalue weighted by Crippen LogP contribution is 2.18. The fourth-order valence-corrected chi connectivity index (χ4v) is 1.27.